The van der Waals surface area contributed by atoms with Crippen LogP contribution in [-0.2, 0) is 5.41 Å². The van der Waals surface area contributed by atoms with E-state index in [-0.39, 0.29) is 16.7 Å². The smallest absolute Gasteiger partial charge is 0.336 e. The van der Waals surface area contributed by atoms with Crippen molar-refractivity contribution in [1.82, 2.24) is 0 Å². The number of carboxylic acid groups (broad SMARTS) is 1. The zero-order valence-corrected chi connectivity index (χ0v) is 12.9. The molecule has 1 aliphatic rings. The molecule has 0 saturated carbocycles. The predicted molar refractivity (Wildman–Crippen MR) is 90.1 cm³/mol. The first-order valence-corrected chi connectivity index (χ1v) is 7.55. The summed E-state index contributed by atoms with van der Waals surface area (Å²) in [7, 11) is 0. The van der Waals surface area contributed by atoms with Crippen LogP contribution in [0.5, 0.6) is 5.75 Å². The van der Waals surface area contributed by atoms with Gasteiger partial charge in [0.25, 0.3) is 0 Å². The van der Waals surface area contributed by atoms with Gasteiger partial charge in [-0.15, -0.1) is 0 Å². The molecule has 23 heavy (non-hydrogen) atoms. The van der Waals surface area contributed by atoms with E-state index >= 15 is 0 Å². The fourth-order valence-electron chi connectivity index (χ4n) is 3.80. The summed E-state index contributed by atoms with van der Waals surface area (Å²) in [5, 5.41) is 21.3. The normalized spacial score (nSPS) is 14.5. The summed E-state index contributed by atoms with van der Waals surface area (Å²) in [5.41, 5.74) is 4.05. The summed E-state index contributed by atoms with van der Waals surface area (Å²) in [5.74, 6) is -0.853. The molecule has 3 aromatic rings. The maximum absolute atomic E-state index is 11.7. The predicted octanol–water partition coefficient (Wildman–Crippen LogP) is 4.55. The standard InChI is InChI=1S/C20H16O3/c1-20(2)14-9-4-3-6-11(14)18-15(20)10-16(21)12-7-5-8-13(17(12)18)19(22)23/h3-10,21H,1-2H3,(H,22,23). The van der Waals surface area contributed by atoms with E-state index in [0.717, 1.165) is 22.3 Å². The fraction of sp³-hybridized carbons (Fsp3) is 0.150. The van der Waals surface area contributed by atoms with E-state index in [1.807, 2.05) is 18.2 Å². The third-order valence-electron chi connectivity index (χ3n) is 4.91. The van der Waals surface area contributed by atoms with Crippen LogP contribution in [0.25, 0.3) is 21.9 Å². The number of aromatic hydroxyl groups is 1. The molecule has 0 spiro atoms. The third kappa shape index (κ3) is 1.67. The van der Waals surface area contributed by atoms with Crippen LogP contribution in [0.1, 0.15) is 35.3 Å². The van der Waals surface area contributed by atoms with E-state index in [1.54, 1.807) is 24.3 Å². The van der Waals surface area contributed by atoms with Crippen molar-refractivity contribution in [3.05, 3.63) is 65.2 Å². The summed E-state index contributed by atoms with van der Waals surface area (Å²) < 4.78 is 0. The first-order chi connectivity index (χ1) is 10.9. The van der Waals surface area contributed by atoms with Crippen LogP contribution in [0.4, 0.5) is 0 Å². The van der Waals surface area contributed by atoms with Gasteiger partial charge in [0.15, 0.2) is 0 Å². The lowest BCUT2D eigenvalue weighted by Gasteiger charge is -2.22. The van der Waals surface area contributed by atoms with Gasteiger partial charge in [-0.3, -0.25) is 0 Å². The average Bonchev–Trinajstić information content (AvgIpc) is 2.75. The molecule has 4 rings (SSSR count). The van der Waals surface area contributed by atoms with E-state index in [9.17, 15) is 15.0 Å². The molecular weight excluding hydrogens is 288 g/mol. The summed E-state index contributed by atoms with van der Waals surface area (Å²) in [6, 6.07) is 14.9. The molecule has 3 aromatic carbocycles. The second-order valence-electron chi connectivity index (χ2n) is 6.52. The van der Waals surface area contributed by atoms with Gasteiger partial charge in [-0.25, -0.2) is 4.79 Å². The molecule has 3 nitrogen and oxygen atoms in total. The lowest BCUT2D eigenvalue weighted by Crippen LogP contribution is -2.14. The number of benzene rings is 3. The molecule has 0 fully saturated rings. The molecule has 0 saturated heterocycles. The van der Waals surface area contributed by atoms with Crippen molar-refractivity contribution in [1.29, 1.82) is 0 Å². The van der Waals surface area contributed by atoms with Gasteiger partial charge < -0.3 is 10.2 Å². The lowest BCUT2D eigenvalue weighted by molar-refractivity contribution is 0.0699. The van der Waals surface area contributed by atoms with E-state index in [0.29, 0.717) is 10.8 Å². The summed E-state index contributed by atoms with van der Waals surface area (Å²) in [4.78, 5) is 11.7. The molecule has 0 radical (unpaired) electrons. The highest BCUT2D eigenvalue weighted by atomic mass is 16.4. The maximum Gasteiger partial charge on any atom is 0.336 e. The van der Waals surface area contributed by atoms with Crippen LogP contribution in [0, 0.1) is 0 Å². The summed E-state index contributed by atoms with van der Waals surface area (Å²) in [6.45, 7) is 4.21. The number of carboxylic acids is 1. The van der Waals surface area contributed by atoms with Gasteiger partial charge in [0.2, 0.25) is 0 Å². The number of carbonyl (C=O) groups is 1. The van der Waals surface area contributed by atoms with Crippen molar-refractivity contribution in [2.45, 2.75) is 19.3 Å². The molecule has 3 heteroatoms. The average molecular weight is 304 g/mol. The Morgan fingerprint density at radius 3 is 2.48 bits per heavy atom. The molecule has 0 unspecified atom stereocenters. The van der Waals surface area contributed by atoms with E-state index in [1.165, 1.54) is 0 Å². The van der Waals surface area contributed by atoms with E-state index in [4.69, 9.17) is 0 Å². The minimum absolute atomic E-state index is 0.128. The van der Waals surface area contributed by atoms with Gasteiger partial charge in [0.05, 0.1) is 5.56 Å². The van der Waals surface area contributed by atoms with Crippen molar-refractivity contribution in [3.63, 3.8) is 0 Å². The maximum atomic E-state index is 11.7. The number of phenolic OH excluding ortho intramolecular Hbond substituents is 1. The van der Waals surface area contributed by atoms with Crippen LogP contribution >= 0.6 is 0 Å². The van der Waals surface area contributed by atoms with Crippen LogP contribution in [0.15, 0.2) is 48.5 Å². The third-order valence-corrected chi connectivity index (χ3v) is 4.91. The van der Waals surface area contributed by atoms with Gasteiger partial charge >= 0.3 is 5.97 Å². The summed E-state index contributed by atoms with van der Waals surface area (Å²) in [6.07, 6.45) is 0. The van der Waals surface area contributed by atoms with E-state index < -0.39 is 5.97 Å². The summed E-state index contributed by atoms with van der Waals surface area (Å²) >= 11 is 0. The molecule has 0 heterocycles. The zero-order chi connectivity index (χ0) is 16.4. The van der Waals surface area contributed by atoms with Crippen molar-refractivity contribution in [2.75, 3.05) is 0 Å². The molecule has 0 bridgehead atoms. The number of hydrogen-bond acceptors (Lipinski definition) is 2. The van der Waals surface area contributed by atoms with Crippen LogP contribution in [-0.4, -0.2) is 16.2 Å². The molecule has 0 amide bonds. The molecule has 0 aliphatic heterocycles. The zero-order valence-electron chi connectivity index (χ0n) is 12.9. The van der Waals surface area contributed by atoms with Gasteiger partial charge in [-0.05, 0) is 34.4 Å². The van der Waals surface area contributed by atoms with Crippen LogP contribution < -0.4 is 0 Å². The lowest BCUT2D eigenvalue weighted by atomic mass is 9.81. The SMILES string of the molecule is CC1(C)c2ccccc2-c2c1cc(O)c1cccc(C(=O)O)c21. The minimum atomic E-state index is -0.981. The minimum Gasteiger partial charge on any atom is -0.507 e. The number of aromatic carboxylic acids is 1. The number of hydrogen-bond donors (Lipinski definition) is 2. The number of phenols is 1. The second kappa shape index (κ2) is 4.35. The van der Waals surface area contributed by atoms with Gasteiger partial charge in [-0.1, -0.05) is 50.2 Å². The first-order valence-electron chi connectivity index (χ1n) is 7.55. The topological polar surface area (TPSA) is 57.5 Å². The monoisotopic (exact) mass is 304 g/mol. The Labute approximate surface area is 133 Å². The first kappa shape index (κ1) is 13.8. The quantitative estimate of drug-likeness (QED) is 0.693. The highest BCUT2D eigenvalue weighted by Gasteiger charge is 2.37. The number of rotatable bonds is 1. The highest BCUT2D eigenvalue weighted by Crippen LogP contribution is 2.53. The van der Waals surface area contributed by atoms with Crippen molar-refractivity contribution in [2.24, 2.45) is 0 Å². The Morgan fingerprint density at radius 1 is 1.00 bits per heavy atom. The van der Waals surface area contributed by atoms with Crippen molar-refractivity contribution < 1.29 is 15.0 Å². The van der Waals surface area contributed by atoms with Crippen molar-refractivity contribution >= 4 is 16.7 Å². The van der Waals surface area contributed by atoms with Crippen molar-refractivity contribution in [3.8, 4) is 16.9 Å². The molecule has 0 aromatic heterocycles. The highest BCUT2D eigenvalue weighted by molar-refractivity contribution is 6.14. The van der Waals surface area contributed by atoms with Crippen LogP contribution in [0.2, 0.25) is 0 Å². The fourth-order valence-corrected chi connectivity index (χ4v) is 3.80. The molecule has 0 atom stereocenters. The molecular formula is C20H16O3. The Balaban J connectivity index is 2.28. The molecule has 114 valence electrons. The Morgan fingerprint density at radius 2 is 1.74 bits per heavy atom. The Kier molecular flexibility index (Phi) is 2.62. The van der Waals surface area contributed by atoms with Crippen LogP contribution in [0.3, 0.4) is 0 Å². The number of fused-ring (bicyclic) bond motifs is 5. The molecule has 2 N–H and O–H groups in total. The van der Waals surface area contributed by atoms with Gasteiger partial charge in [-0.2, -0.15) is 0 Å². The Hall–Kier alpha value is -2.81. The van der Waals surface area contributed by atoms with Gasteiger partial charge in [0.1, 0.15) is 5.75 Å². The largest absolute Gasteiger partial charge is 0.507 e. The Bertz CT molecular complexity index is 984. The van der Waals surface area contributed by atoms with E-state index in [2.05, 4.69) is 19.9 Å². The molecule has 1 aliphatic carbocycles. The second-order valence-corrected chi connectivity index (χ2v) is 6.52. The van der Waals surface area contributed by atoms with Gasteiger partial charge in [0, 0.05) is 16.2 Å².